The third kappa shape index (κ3) is 2.22. The number of para-hydroxylation sites is 1. The van der Waals surface area contributed by atoms with Crippen molar-refractivity contribution < 1.29 is 4.79 Å². The highest BCUT2D eigenvalue weighted by Crippen LogP contribution is 2.39. The predicted octanol–water partition coefficient (Wildman–Crippen LogP) is 2.98. The van der Waals surface area contributed by atoms with Crippen LogP contribution in [0.1, 0.15) is 38.2 Å². The van der Waals surface area contributed by atoms with Gasteiger partial charge in [0.25, 0.3) is 0 Å². The van der Waals surface area contributed by atoms with Crippen LogP contribution in [0, 0.1) is 0 Å². The molecule has 0 saturated carbocycles. The van der Waals surface area contributed by atoms with E-state index in [-0.39, 0.29) is 0 Å². The lowest BCUT2D eigenvalue weighted by Gasteiger charge is -2.41. The van der Waals surface area contributed by atoms with Gasteiger partial charge in [-0.05, 0) is 30.9 Å². The first-order chi connectivity index (χ1) is 9.31. The Labute approximate surface area is 115 Å². The molecule has 1 aromatic rings. The molecule has 1 aromatic carbocycles. The number of carbonyl (C=O) groups excluding carboxylic acids is 1. The molecule has 0 spiro atoms. The zero-order valence-electron chi connectivity index (χ0n) is 11.7. The third-order valence-electron chi connectivity index (χ3n) is 4.22. The average molecular weight is 258 g/mol. The number of aryl methyl sites for hydroxylation is 1. The van der Waals surface area contributed by atoms with E-state index in [1.165, 1.54) is 17.7 Å². The summed E-state index contributed by atoms with van der Waals surface area (Å²) in [6.45, 7) is 5.11. The molecule has 0 unspecified atom stereocenters. The van der Waals surface area contributed by atoms with Crippen LogP contribution >= 0.6 is 0 Å². The lowest BCUT2D eigenvalue weighted by molar-refractivity contribution is -0.118. The van der Waals surface area contributed by atoms with Crippen molar-refractivity contribution in [3.8, 4) is 0 Å². The van der Waals surface area contributed by atoms with Crippen LogP contribution < -0.4 is 9.80 Å². The van der Waals surface area contributed by atoms with E-state index in [1.807, 2.05) is 4.90 Å². The van der Waals surface area contributed by atoms with Crippen molar-refractivity contribution >= 4 is 17.3 Å². The number of hydrogen-bond donors (Lipinski definition) is 0. The van der Waals surface area contributed by atoms with Gasteiger partial charge in [0, 0.05) is 26.1 Å². The first-order valence-corrected chi connectivity index (χ1v) is 7.48. The molecule has 0 radical (unpaired) electrons. The molecule has 2 aliphatic heterocycles. The molecular weight excluding hydrogens is 236 g/mol. The first-order valence-electron chi connectivity index (χ1n) is 7.48. The van der Waals surface area contributed by atoms with E-state index in [1.54, 1.807) is 0 Å². The van der Waals surface area contributed by atoms with Crippen LogP contribution in [-0.4, -0.2) is 25.5 Å². The van der Waals surface area contributed by atoms with Crippen LogP contribution in [0.4, 0.5) is 11.4 Å². The van der Waals surface area contributed by atoms with Gasteiger partial charge in [-0.3, -0.25) is 4.79 Å². The predicted molar refractivity (Wildman–Crippen MR) is 78.9 cm³/mol. The van der Waals surface area contributed by atoms with Crippen LogP contribution in [0.3, 0.4) is 0 Å². The Morgan fingerprint density at radius 3 is 3.00 bits per heavy atom. The summed E-state index contributed by atoms with van der Waals surface area (Å²) in [5.41, 5.74) is 3.88. The zero-order chi connectivity index (χ0) is 13.2. The summed E-state index contributed by atoms with van der Waals surface area (Å²) in [5, 5.41) is 0. The Morgan fingerprint density at radius 1 is 1.26 bits per heavy atom. The highest BCUT2D eigenvalue weighted by atomic mass is 16.2. The van der Waals surface area contributed by atoms with Gasteiger partial charge in [0.15, 0.2) is 0 Å². The maximum Gasteiger partial charge on any atom is 0.227 e. The fourth-order valence-corrected chi connectivity index (χ4v) is 3.22. The van der Waals surface area contributed by atoms with Gasteiger partial charge in [-0.1, -0.05) is 25.5 Å². The van der Waals surface area contributed by atoms with Crippen molar-refractivity contribution in [1.29, 1.82) is 0 Å². The molecule has 0 saturated heterocycles. The van der Waals surface area contributed by atoms with E-state index in [4.69, 9.17) is 0 Å². The molecular formula is C16H22N2O. The van der Waals surface area contributed by atoms with Gasteiger partial charge in [0.05, 0.1) is 11.4 Å². The van der Waals surface area contributed by atoms with Gasteiger partial charge in [0.1, 0.15) is 0 Å². The number of benzene rings is 1. The van der Waals surface area contributed by atoms with Crippen LogP contribution in [-0.2, 0) is 11.2 Å². The second-order valence-electron chi connectivity index (χ2n) is 5.52. The molecule has 2 aliphatic rings. The van der Waals surface area contributed by atoms with Gasteiger partial charge < -0.3 is 9.80 Å². The van der Waals surface area contributed by atoms with Crippen LogP contribution in [0.25, 0.3) is 0 Å². The van der Waals surface area contributed by atoms with Crippen LogP contribution in [0.15, 0.2) is 18.2 Å². The van der Waals surface area contributed by atoms with E-state index in [0.717, 1.165) is 44.6 Å². The Kier molecular flexibility index (Phi) is 3.45. The lowest BCUT2D eigenvalue weighted by Crippen LogP contribution is -2.46. The number of nitrogens with zero attached hydrogens (tertiary/aromatic N) is 2. The number of rotatable bonds is 3. The molecule has 0 bridgehead atoms. The second-order valence-corrected chi connectivity index (χ2v) is 5.52. The monoisotopic (exact) mass is 258 g/mol. The summed E-state index contributed by atoms with van der Waals surface area (Å²) in [6, 6.07) is 6.42. The minimum absolute atomic E-state index is 0.292. The van der Waals surface area contributed by atoms with Crippen molar-refractivity contribution in [2.45, 2.75) is 39.0 Å². The molecule has 0 atom stereocenters. The van der Waals surface area contributed by atoms with E-state index >= 15 is 0 Å². The molecule has 2 heterocycles. The number of hydrogen-bond acceptors (Lipinski definition) is 2. The number of amides is 1. The first kappa shape index (κ1) is 12.5. The van der Waals surface area contributed by atoms with E-state index in [9.17, 15) is 4.79 Å². The summed E-state index contributed by atoms with van der Waals surface area (Å²) in [5.74, 6) is 0.292. The molecule has 0 aromatic heterocycles. The molecule has 0 N–H and O–H groups in total. The fourth-order valence-electron chi connectivity index (χ4n) is 3.22. The zero-order valence-corrected chi connectivity index (χ0v) is 11.7. The summed E-state index contributed by atoms with van der Waals surface area (Å²) < 4.78 is 0. The number of carbonyl (C=O) groups is 1. The van der Waals surface area contributed by atoms with Crippen LogP contribution in [0.2, 0.25) is 0 Å². The summed E-state index contributed by atoms with van der Waals surface area (Å²) >= 11 is 0. The van der Waals surface area contributed by atoms with Crippen molar-refractivity contribution in [3.63, 3.8) is 0 Å². The summed E-state index contributed by atoms with van der Waals surface area (Å²) in [6.07, 6.45) is 5.14. The molecule has 1 amide bonds. The highest BCUT2D eigenvalue weighted by Gasteiger charge is 2.29. The van der Waals surface area contributed by atoms with Gasteiger partial charge >= 0.3 is 0 Å². The molecule has 3 nitrogen and oxygen atoms in total. The van der Waals surface area contributed by atoms with Crippen molar-refractivity contribution in [2.24, 2.45) is 0 Å². The molecule has 3 rings (SSSR count). The Bertz CT molecular complexity index is 484. The van der Waals surface area contributed by atoms with Gasteiger partial charge in [-0.25, -0.2) is 0 Å². The number of unbranched alkanes of at least 4 members (excludes halogenated alkanes) is 1. The second kappa shape index (κ2) is 5.24. The minimum atomic E-state index is 0.292. The lowest BCUT2D eigenvalue weighted by atomic mass is 9.98. The van der Waals surface area contributed by atoms with Gasteiger partial charge in [0.2, 0.25) is 5.91 Å². The summed E-state index contributed by atoms with van der Waals surface area (Å²) in [4.78, 5) is 16.8. The SMILES string of the molecule is CCCCC(=O)N1CCN2CCCc3cccc1c32. The maximum absolute atomic E-state index is 12.4. The Morgan fingerprint density at radius 2 is 2.16 bits per heavy atom. The van der Waals surface area contributed by atoms with E-state index < -0.39 is 0 Å². The Balaban J connectivity index is 1.92. The average Bonchev–Trinajstić information content (AvgIpc) is 2.46. The van der Waals surface area contributed by atoms with Gasteiger partial charge in [-0.2, -0.15) is 0 Å². The Hall–Kier alpha value is -1.51. The standard InChI is InChI=1S/C16H22N2O/c1-2-3-9-15(19)18-12-11-17-10-5-7-13-6-4-8-14(18)16(13)17/h4,6,8H,2-3,5,7,9-12H2,1H3. The summed E-state index contributed by atoms with van der Waals surface area (Å²) in [7, 11) is 0. The van der Waals surface area contributed by atoms with Crippen molar-refractivity contribution in [2.75, 3.05) is 29.4 Å². The van der Waals surface area contributed by atoms with Gasteiger partial charge in [-0.15, -0.1) is 0 Å². The molecule has 3 heteroatoms. The van der Waals surface area contributed by atoms with Crippen molar-refractivity contribution in [1.82, 2.24) is 0 Å². The minimum Gasteiger partial charge on any atom is -0.368 e. The van der Waals surface area contributed by atoms with E-state index in [2.05, 4.69) is 30.0 Å². The topological polar surface area (TPSA) is 23.6 Å². The quantitative estimate of drug-likeness (QED) is 0.832. The number of anilines is 2. The largest absolute Gasteiger partial charge is 0.368 e. The van der Waals surface area contributed by atoms with Crippen molar-refractivity contribution in [3.05, 3.63) is 23.8 Å². The van der Waals surface area contributed by atoms with Crippen LogP contribution in [0.5, 0.6) is 0 Å². The molecule has 0 fully saturated rings. The molecule has 19 heavy (non-hydrogen) atoms. The smallest absolute Gasteiger partial charge is 0.227 e. The normalized spacial score (nSPS) is 17.3. The van der Waals surface area contributed by atoms with E-state index in [0.29, 0.717) is 12.3 Å². The third-order valence-corrected chi connectivity index (χ3v) is 4.22. The molecule has 102 valence electrons. The maximum atomic E-state index is 12.4. The fraction of sp³-hybridized carbons (Fsp3) is 0.562. The highest BCUT2D eigenvalue weighted by molar-refractivity contribution is 5.98. The molecule has 0 aliphatic carbocycles.